The van der Waals surface area contributed by atoms with Gasteiger partial charge in [-0.15, -0.1) is 11.3 Å². The van der Waals surface area contributed by atoms with Gasteiger partial charge in [0.05, 0.1) is 22.8 Å². The summed E-state index contributed by atoms with van der Waals surface area (Å²) in [5.41, 5.74) is -2.28. The van der Waals surface area contributed by atoms with Gasteiger partial charge in [0.1, 0.15) is 10.5 Å². The normalized spacial score (nSPS) is 12.0. The third kappa shape index (κ3) is 2.07. The van der Waals surface area contributed by atoms with E-state index in [1.807, 2.05) is 0 Å². The second kappa shape index (κ2) is 4.84. The summed E-state index contributed by atoms with van der Waals surface area (Å²) < 4.78 is 49.3. The lowest BCUT2D eigenvalue weighted by molar-refractivity contribution is -0.136. The smallest absolute Gasteiger partial charge is 0.418 e. The molecule has 1 aromatic carbocycles. The first-order valence-corrected chi connectivity index (χ1v) is 6.80. The largest absolute Gasteiger partial charge is 0.465 e. The number of halogens is 3. The van der Waals surface area contributed by atoms with Crippen LogP contribution in [0.3, 0.4) is 0 Å². The van der Waals surface area contributed by atoms with E-state index < -0.39 is 33.6 Å². The number of hydrogen-bond acceptors (Lipinski definition) is 5. The van der Waals surface area contributed by atoms with Gasteiger partial charge in [0, 0.05) is 5.39 Å². The molecule has 0 radical (unpaired) electrons. The van der Waals surface area contributed by atoms with E-state index in [0.717, 1.165) is 7.11 Å². The van der Waals surface area contributed by atoms with E-state index in [4.69, 9.17) is 4.42 Å². The highest BCUT2D eigenvalue weighted by atomic mass is 32.1. The van der Waals surface area contributed by atoms with E-state index in [9.17, 15) is 22.8 Å². The highest BCUT2D eigenvalue weighted by molar-refractivity contribution is 7.22. The van der Waals surface area contributed by atoms with Crippen LogP contribution in [0, 0.1) is 0 Å². The third-order valence-corrected chi connectivity index (χ3v) is 4.30. The molecule has 0 saturated heterocycles. The van der Waals surface area contributed by atoms with Crippen molar-refractivity contribution in [3.63, 3.8) is 0 Å². The Labute approximate surface area is 124 Å². The van der Waals surface area contributed by atoms with Gasteiger partial charge in [-0.3, -0.25) is 0 Å². The summed E-state index contributed by atoms with van der Waals surface area (Å²) in [4.78, 5) is 23.0. The van der Waals surface area contributed by atoms with Crippen LogP contribution in [0.5, 0.6) is 0 Å². The van der Waals surface area contributed by atoms with Gasteiger partial charge in [-0.2, -0.15) is 13.2 Å². The highest BCUT2D eigenvalue weighted by Crippen LogP contribution is 2.43. The summed E-state index contributed by atoms with van der Waals surface area (Å²) in [5.74, 6) is -1.14. The maximum Gasteiger partial charge on any atom is 0.418 e. The molecule has 0 aliphatic carbocycles. The molecule has 3 aromatic rings. The van der Waals surface area contributed by atoms with Crippen LogP contribution in [-0.2, 0) is 10.9 Å². The Bertz CT molecular complexity index is 952. The Morgan fingerprint density at radius 1 is 1.27 bits per heavy atom. The van der Waals surface area contributed by atoms with E-state index >= 15 is 0 Å². The van der Waals surface area contributed by atoms with Crippen molar-refractivity contribution in [3.05, 3.63) is 45.1 Å². The van der Waals surface area contributed by atoms with Gasteiger partial charge in [-0.05, 0) is 12.1 Å². The average Bonchev–Trinajstić information content (AvgIpc) is 2.88. The van der Waals surface area contributed by atoms with Gasteiger partial charge >= 0.3 is 17.8 Å². The van der Waals surface area contributed by atoms with Crippen molar-refractivity contribution in [2.75, 3.05) is 7.11 Å². The topological polar surface area (TPSA) is 56.5 Å². The van der Waals surface area contributed by atoms with Crippen LogP contribution in [0.4, 0.5) is 13.2 Å². The molecule has 22 heavy (non-hydrogen) atoms. The molecule has 3 rings (SSSR count). The second-order valence-corrected chi connectivity index (χ2v) is 5.41. The number of rotatable bonds is 1. The Morgan fingerprint density at radius 2 is 1.95 bits per heavy atom. The number of ether oxygens (including phenoxy) is 1. The maximum absolute atomic E-state index is 13.3. The molecule has 0 bridgehead atoms. The standard InChI is InChI=1S/C14H7F3O4S/c1-20-13(19)11-9(14(15,16)17)8-10(22-11)6-4-2-3-5-7(6)21-12(8)18/h2-5H,1H3. The van der Waals surface area contributed by atoms with Crippen molar-refractivity contribution in [1.29, 1.82) is 0 Å². The van der Waals surface area contributed by atoms with Crippen molar-refractivity contribution < 1.29 is 27.1 Å². The molecule has 0 aliphatic heterocycles. The molecule has 4 nitrogen and oxygen atoms in total. The summed E-state index contributed by atoms with van der Waals surface area (Å²) in [5, 5.41) is -0.306. The summed E-state index contributed by atoms with van der Waals surface area (Å²) in [6, 6.07) is 6.20. The average molecular weight is 328 g/mol. The molecule has 0 amide bonds. The van der Waals surface area contributed by atoms with Gasteiger partial charge < -0.3 is 9.15 Å². The number of hydrogen-bond donors (Lipinski definition) is 0. The molecule has 0 saturated carbocycles. The van der Waals surface area contributed by atoms with Crippen molar-refractivity contribution in [1.82, 2.24) is 0 Å². The molecular formula is C14H7F3O4S. The van der Waals surface area contributed by atoms with Crippen LogP contribution in [0.25, 0.3) is 21.1 Å². The molecule has 2 heterocycles. The van der Waals surface area contributed by atoms with E-state index in [-0.39, 0.29) is 10.3 Å². The molecular weight excluding hydrogens is 321 g/mol. The summed E-state index contributed by atoms with van der Waals surface area (Å²) in [7, 11) is 0.980. The zero-order valence-corrected chi connectivity index (χ0v) is 11.8. The molecule has 0 spiro atoms. The number of carbonyl (C=O) groups excluding carboxylic acids is 1. The van der Waals surface area contributed by atoms with Crippen LogP contribution in [-0.4, -0.2) is 13.1 Å². The minimum atomic E-state index is -4.88. The van der Waals surface area contributed by atoms with Gasteiger partial charge in [0.2, 0.25) is 0 Å². The number of carbonyl (C=O) groups is 1. The third-order valence-electron chi connectivity index (χ3n) is 3.10. The predicted octanol–water partition coefficient (Wildman–Crippen LogP) is 3.81. The quantitative estimate of drug-likeness (QED) is 0.503. The lowest BCUT2D eigenvalue weighted by Gasteiger charge is -2.07. The number of methoxy groups -OCH3 is 1. The monoisotopic (exact) mass is 328 g/mol. The first-order chi connectivity index (χ1) is 10.3. The molecule has 0 atom stereocenters. The number of thiophene rings is 1. The van der Waals surface area contributed by atoms with Crippen LogP contribution >= 0.6 is 11.3 Å². The molecule has 114 valence electrons. The summed E-state index contributed by atoms with van der Waals surface area (Å²) in [6.45, 7) is 0. The lowest BCUT2D eigenvalue weighted by Crippen LogP contribution is -2.14. The fourth-order valence-corrected chi connectivity index (χ4v) is 3.47. The van der Waals surface area contributed by atoms with Gasteiger partial charge in [-0.1, -0.05) is 12.1 Å². The van der Waals surface area contributed by atoms with E-state index in [1.165, 1.54) is 12.1 Å². The van der Waals surface area contributed by atoms with Crippen molar-refractivity contribution >= 4 is 38.4 Å². The summed E-state index contributed by atoms with van der Waals surface area (Å²) >= 11 is 0.573. The summed E-state index contributed by atoms with van der Waals surface area (Å²) in [6.07, 6.45) is -4.88. The molecule has 0 unspecified atom stereocenters. The van der Waals surface area contributed by atoms with Gasteiger partial charge in [0.25, 0.3) is 0 Å². The Kier molecular flexibility index (Phi) is 3.21. The molecule has 0 fully saturated rings. The number of alkyl halides is 3. The van der Waals surface area contributed by atoms with Crippen molar-refractivity contribution in [2.24, 2.45) is 0 Å². The Morgan fingerprint density at radius 3 is 2.59 bits per heavy atom. The Hall–Kier alpha value is -2.35. The lowest BCUT2D eigenvalue weighted by atomic mass is 10.1. The SMILES string of the molecule is COC(=O)c1sc2c(c1C(F)(F)F)c(=O)oc1ccccc12. The van der Waals surface area contributed by atoms with Crippen LogP contribution < -0.4 is 5.63 Å². The highest BCUT2D eigenvalue weighted by Gasteiger charge is 2.41. The van der Waals surface area contributed by atoms with Crippen molar-refractivity contribution in [2.45, 2.75) is 6.18 Å². The molecule has 0 N–H and O–H groups in total. The first kappa shape index (κ1) is 14.6. The zero-order valence-electron chi connectivity index (χ0n) is 11.0. The van der Waals surface area contributed by atoms with Crippen LogP contribution in [0.1, 0.15) is 15.2 Å². The number of fused-ring (bicyclic) bond motifs is 3. The van der Waals surface area contributed by atoms with Crippen molar-refractivity contribution in [3.8, 4) is 0 Å². The second-order valence-electron chi connectivity index (χ2n) is 4.39. The van der Waals surface area contributed by atoms with Gasteiger partial charge in [-0.25, -0.2) is 9.59 Å². The van der Waals surface area contributed by atoms with E-state index in [0.29, 0.717) is 16.7 Å². The van der Waals surface area contributed by atoms with Crippen LogP contribution in [0.2, 0.25) is 0 Å². The fourth-order valence-electron chi connectivity index (χ4n) is 2.22. The van der Waals surface area contributed by atoms with E-state index in [2.05, 4.69) is 4.74 Å². The first-order valence-electron chi connectivity index (χ1n) is 5.98. The van der Waals surface area contributed by atoms with Gasteiger partial charge in [0.15, 0.2) is 0 Å². The number of para-hydroxylation sites is 1. The minimum absolute atomic E-state index is 0.0552. The van der Waals surface area contributed by atoms with Crippen LogP contribution in [0.15, 0.2) is 33.5 Å². The van der Waals surface area contributed by atoms with E-state index in [1.54, 1.807) is 12.1 Å². The fraction of sp³-hybridized carbons (Fsp3) is 0.143. The number of benzene rings is 1. The minimum Gasteiger partial charge on any atom is -0.465 e. The molecule has 0 aliphatic rings. The maximum atomic E-state index is 13.3. The molecule has 2 aromatic heterocycles. The Balaban J connectivity index is 2.57. The predicted molar refractivity (Wildman–Crippen MR) is 74.2 cm³/mol. The zero-order chi connectivity index (χ0) is 16.1. The molecule has 8 heteroatoms. The number of esters is 1.